The molecule has 1 heterocycles. The van der Waals surface area contributed by atoms with Crippen LogP contribution in [-0.2, 0) is 11.2 Å². The molecule has 0 unspecified atom stereocenters. The Hall–Kier alpha value is -1.44. The number of aromatic nitrogens is 1. The predicted molar refractivity (Wildman–Crippen MR) is 68.7 cm³/mol. The highest BCUT2D eigenvalue weighted by Gasteiger charge is 2.11. The van der Waals surface area contributed by atoms with Gasteiger partial charge in [0.1, 0.15) is 0 Å². The Morgan fingerprint density at radius 1 is 1.18 bits per heavy atom. The quantitative estimate of drug-likeness (QED) is 0.794. The molecule has 1 aromatic heterocycles. The van der Waals surface area contributed by atoms with Crippen molar-refractivity contribution in [2.45, 2.75) is 44.9 Å². The maximum Gasteiger partial charge on any atom is 0.164 e. The molecule has 90 valence electrons. The standard InChI is InChI=1S/C15H19NO/c17-15(12-14-10-6-7-11-16-14)13-8-4-2-1-3-5-9-13/h6-8,10-11H,1-5,9,12H2/b13-8+. The summed E-state index contributed by atoms with van der Waals surface area (Å²) in [5, 5.41) is 0. The number of rotatable bonds is 3. The van der Waals surface area contributed by atoms with E-state index in [0.717, 1.165) is 30.5 Å². The number of carbonyl (C=O) groups excluding carboxylic acids is 1. The van der Waals surface area contributed by atoms with E-state index in [1.807, 2.05) is 18.2 Å². The molecule has 1 aliphatic carbocycles. The van der Waals surface area contributed by atoms with Crippen LogP contribution >= 0.6 is 0 Å². The summed E-state index contributed by atoms with van der Waals surface area (Å²) >= 11 is 0. The van der Waals surface area contributed by atoms with Crippen molar-refractivity contribution in [2.24, 2.45) is 0 Å². The average Bonchev–Trinajstić information content (AvgIpc) is 2.29. The SMILES string of the molecule is O=C(Cc1ccccn1)/C1=C/CCCCCC1. The van der Waals surface area contributed by atoms with Crippen LogP contribution in [0.1, 0.15) is 44.2 Å². The first-order chi connectivity index (χ1) is 8.36. The lowest BCUT2D eigenvalue weighted by atomic mass is 9.95. The summed E-state index contributed by atoms with van der Waals surface area (Å²) in [4.78, 5) is 16.3. The zero-order chi connectivity index (χ0) is 11.9. The van der Waals surface area contributed by atoms with Gasteiger partial charge in [-0.05, 0) is 43.4 Å². The fraction of sp³-hybridized carbons (Fsp3) is 0.467. The van der Waals surface area contributed by atoms with E-state index in [2.05, 4.69) is 11.1 Å². The molecule has 0 atom stereocenters. The van der Waals surface area contributed by atoms with Gasteiger partial charge in [0, 0.05) is 11.9 Å². The van der Waals surface area contributed by atoms with E-state index >= 15 is 0 Å². The first kappa shape index (κ1) is 12.0. The van der Waals surface area contributed by atoms with Crippen molar-refractivity contribution >= 4 is 5.78 Å². The van der Waals surface area contributed by atoms with Crippen molar-refractivity contribution < 1.29 is 4.79 Å². The fourth-order valence-corrected chi connectivity index (χ4v) is 2.23. The topological polar surface area (TPSA) is 30.0 Å². The van der Waals surface area contributed by atoms with Crippen LogP contribution in [-0.4, -0.2) is 10.8 Å². The highest BCUT2D eigenvalue weighted by atomic mass is 16.1. The van der Waals surface area contributed by atoms with Crippen LogP contribution in [0.4, 0.5) is 0 Å². The highest BCUT2D eigenvalue weighted by Crippen LogP contribution is 2.18. The van der Waals surface area contributed by atoms with Gasteiger partial charge in [-0.3, -0.25) is 9.78 Å². The maximum absolute atomic E-state index is 12.1. The first-order valence-electron chi connectivity index (χ1n) is 6.48. The molecule has 17 heavy (non-hydrogen) atoms. The fourth-order valence-electron chi connectivity index (χ4n) is 2.23. The highest BCUT2D eigenvalue weighted by molar-refractivity contribution is 5.96. The third-order valence-electron chi connectivity index (χ3n) is 3.22. The molecule has 0 aromatic carbocycles. The van der Waals surface area contributed by atoms with Crippen LogP contribution in [0.5, 0.6) is 0 Å². The molecular formula is C15H19NO. The Bertz CT molecular complexity index is 395. The molecule has 0 amide bonds. The minimum Gasteiger partial charge on any atom is -0.294 e. The van der Waals surface area contributed by atoms with Crippen LogP contribution in [0.3, 0.4) is 0 Å². The van der Waals surface area contributed by atoms with Crippen molar-refractivity contribution in [3.05, 3.63) is 41.7 Å². The third kappa shape index (κ3) is 3.81. The third-order valence-corrected chi connectivity index (χ3v) is 3.22. The summed E-state index contributed by atoms with van der Waals surface area (Å²) in [6, 6.07) is 5.73. The lowest BCUT2D eigenvalue weighted by molar-refractivity contribution is -0.115. The van der Waals surface area contributed by atoms with E-state index in [-0.39, 0.29) is 5.78 Å². The van der Waals surface area contributed by atoms with Gasteiger partial charge in [-0.2, -0.15) is 0 Å². The summed E-state index contributed by atoms with van der Waals surface area (Å²) in [5.74, 6) is 0.255. The van der Waals surface area contributed by atoms with Crippen LogP contribution in [0.15, 0.2) is 36.0 Å². The molecule has 0 saturated carbocycles. The average molecular weight is 229 g/mol. The molecule has 0 fully saturated rings. The summed E-state index contributed by atoms with van der Waals surface area (Å²) < 4.78 is 0. The number of ketones is 1. The number of hydrogen-bond acceptors (Lipinski definition) is 2. The molecular weight excluding hydrogens is 210 g/mol. The zero-order valence-corrected chi connectivity index (χ0v) is 10.2. The van der Waals surface area contributed by atoms with E-state index in [1.165, 1.54) is 19.3 Å². The molecule has 0 bridgehead atoms. The number of hydrogen-bond donors (Lipinski definition) is 0. The van der Waals surface area contributed by atoms with E-state index in [4.69, 9.17) is 0 Å². The summed E-state index contributed by atoms with van der Waals surface area (Å²) in [6.45, 7) is 0. The minimum absolute atomic E-state index is 0.255. The zero-order valence-electron chi connectivity index (χ0n) is 10.2. The molecule has 0 spiro atoms. The first-order valence-corrected chi connectivity index (χ1v) is 6.48. The number of carbonyl (C=O) groups is 1. The molecule has 2 rings (SSSR count). The van der Waals surface area contributed by atoms with Gasteiger partial charge in [0.05, 0.1) is 6.42 Å². The van der Waals surface area contributed by atoms with Crippen molar-refractivity contribution in [2.75, 3.05) is 0 Å². The largest absolute Gasteiger partial charge is 0.294 e. The number of Topliss-reactive ketones (excluding diaryl/α,β-unsaturated/α-hetero) is 1. The Kier molecular flexibility index (Phi) is 4.48. The van der Waals surface area contributed by atoms with Gasteiger partial charge in [0.25, 0.3) is 0 Å². The molecule has 0 radical (unpaired) electrons. The number of pyridine rings is 1. The molecule has 0 aliphatic heterocycles. The minimum atomic E-state index is 0.255. The molecule has 1 aromatic rings. The van der Waals surface area contributed by atoms with Crippen molar-refractivity contribution in [3.63, 3.8) is 0 Å². The second-order valence-corrected chi connectivity index (χ2v) is 4.60. The second-order valence-electron chi connectivity index (χ2n) is 4.60. The molecule has 1 aliphatic rings. The van der Waals surface area contributed by atoms with Crippen molar-refractivity contribution in [1.82, 2.24) is 4.98 Å². The van der Waals surface area contributed by atoms with Crippen LogP contribution < -0.4 is 0 Å². The molecule has 0 saturated heterocycles. The summed E-state index contributed by atoms with van der Waals surface area (Å²) in [7, 11) is 0. The molecule has 2 nitrogen and oxygen atoms in total. The van der Waals surface area contributed by atoms with E-state index in [1.54, 1.807) is 6.20 Å². The van der Waals surface area contributed by atoms with Gasteiger partial charge in [0.15, 0.2) is 5.78 Å². The number of nitrogens with zero attached hydrogens (tertiary/aromatic N) is 1. The summed E-state index contributed by atoms with van der Waals surface area (Å²) in [6.07, 6.45) is 11.3. The predicted octanol–water partition coefficient (Wildman–Crippen LogP) is 3.47. The van der Waals surface area contributed by atoms with Gasteiger partial charge >= 0.3 is 0 Å². The Morgan fingerprint density at radius 2 is 2.06 bits per heavy atom. The Morgan fingerprint density at radius 3 is 2.88 bits per heavy atom. The van der Waals surface area contributed by atoms with Gasteiger partial charge in [-0.25, -0.2) is 0 Å². The van der Waals surface area contributed by atoms with Gasteiger partial charge in [-0.1, -0.05) is 25.0 Å². The molecule has 2 heteroatoms. The second kappa shape index (κ2) is 6.33. The Balaban J connectivity index is 1.99. The monoisotopic (exact) mass is 229 g/mol. The van der Waals surface area contributed by atoms with Crippen molar-refractivity contribution in [1.29, 1.82) is 0 Å². The Labute approximate surface area is 103 Å². The van der Waals surface area contributed by atoms with Crippen LogP contribution in [0, 0.1) is 0 Å². The summed E-state index contributed by atoms with van der Waals surface area (Å²) in [5.41, 5.74) is 1.90. The van der Waals surface area contributed by atoms with Gasteiger partial charge in [-0.15, -0.1) is 0 Å². The lowest BCUT2D eigenvalue weighted by Gasteiger charge is -2.10. The molecule has 0 N–H and O–H groups in total. The van der Waals surface area contributed by atoms with E-state index < -0.39 is 0 Å². The smallest absolute Gasteiger partial charge is 0.164 e. The van der Waals surface area contributed by atoms with E-state index in [0.29, 0.717) is 6.42 Å². The van der Waals surface area contributed by atoms with Crippen LogP contribution in [0.2, 0.25) is 0 Å². The van der Waals surface area contributed by atoms with Crippen molar-refractivity contribution in [3.8, 4) is 0 Å². The van der Waals surface area contributed by atoms with Crippen LogP contribution in [0.25, 0.3) is 0 Å². The van der Waals surface area contributed by atoms with E-state index in [9.17, 15) is 4.79 Å². The van der Waals surface area contributed by atoms with Gasteiger partial charge in [0.2, 0.25) is 0 Å². The normalized spacial score (nSPS) is 19.9. The maximum atomic E-state index is 12.1. The lowest BCUT2D eigenvalue weighted by Crippen LogP contribution is -2.08. The number of allylic oxidation sites excluding steroid dienone is 2. The van der Waals surface area contributed by atoms with Gasteiger partial charge < -0.3 is 0 Å².